The van der Waals surface area contributed by atoms with E-state index in [2.05, 4.69) is 0 Å². The van der Waals surface area contributed by atoms with Crippen LogP contribution in [0, 0.1) is 0 Å². The maximum Gasteiger partial charge on any atom is 0.304 e. The van der Waals surface area contributed by atoms with Crippen molar-refractivity contribution in [3.05, 3.63) is 34.9 Å². The number of carboxylic acids is 1. The van der Waals surface area contributed by atoms with Gasteiger partial charge in [0.25, 0.3) is 0 Å². The molecule has 17 heavy (non-hydrogen) atoms. The average Bonchev–Trinajstić information content (AvgIpc) is 2.29. The molecule has 1 aliphatic rings. The third-order valence-corrected chi connectivity index (χ3v) is 3.97. The summed E-state index contributed by atoms with van der Waals surface area (Å²) in [5.74, 6) is -0.716. The quantitative estimate of drug-likeness (QED) is 0.882. The lowest BCUT2D eigenvalue weighted by atomic mass is 9.67. The minimum absolute atomic E-state index is 0.199. The Morgan fingerprint density at radius 3 is 2.59 bits per heavy atom. The number of carboxylic acid groups (broad SMARTS) is 1. The first kappa shape index (κ1) is 12.4. The van der Waals surface area contributed by atoms with Crippen LogP contribution < -0.4 is 0 Å². The van der Waals surface area contributed by atoms with E-state index in [0.29, 0.717) is 5.02 Å². The summed E-state index contributed by atoms with van der Waals surface area (Å²) in [6, 6.07) is 7.69. The first-order chi connectivity index (χ1) is 8.12. The second-order valence-electron chi connectivity index (χ2n) is 4.92. The molecule has 92 valence electrons. The summed E-state index contributed by atoms with van der Waals surface area (Å²) in [6.07, 6.45) is 5.56. The number of hydrogen-bond donors (Lipinski definition) is 1. The third-order valence-electron chi connectivity index (χ3n) is 3.74. The van der Waals surface area contributed by atoms with Gasteiger partial charge in [0.2, 0.25) is 0 Å². The maximum atomic E-state index is 11.1. The molecule has 1 saturated carbocycles. The predicted octanol–water partition coefficient (Wildman–Crippen LogP) is 4.02. The van der Waals surface area contributed by atoms with E-state index in [0.717, 1.165) is 31.2 Å². The van der Waals surface area contributed by atoms with Crippen LogP contribution in [-0.2, 0) is 10.2 Å². The van der Waals surface area contributed by atoms with Gasteiger partial charge in [0.1, 0.15) is 0 Å². The summed E-state index contributed by atoms with van der Waals surface area (Å²) in [6.45, 7) is 0. The summed E-state index contributed by atoms with van der Waals surface area (Å²) in [7, 11) is 0. The van der Waals surface area contributed by atoms with Crippen LogP contribution in [0.3, 0.4) is 0 Å². The zero-order chi connectivity index (χ0) is 12.3. The van der Waals surface area contributed by atoms with Gasteiger partial charge in [-0.3, -0.25) is 4.79 Å². The predicted molar refractivity (Wildman–Crippen MR) is 68.5 cm³/mol. The number of hydrogen-bond acceptors (Lipinski definition) is 1. The van der Waals surface area contributed by atoms with E-state index in [4.69, 9.17) is 16.7 Å². The van der Waals surface area contributed by atoms with Crippen molar-refractivity contribution in [3.63, 3.8) is 0 Å². The lowest BCUT2D eigenvalue weighted by Crippen LogP contribution is -2.31. The molecule has 1 N–H and O–H groups in total. The molecule has 0 aliphatic heterocycles. The number of aliphatic carboxylic acids is 1. The molecule has 0 radical (unpaired) electrons. The van der Waals surface area contributed by atoms with Crippen molar-refractivity contribution in [1.29, 1.82) is 0 Å². The Morgan fingerprint density at radius 2 is 2.00 bits per heavy atom. The lowest BCUT2D eigenvalue weighted by Gasteiger charge is -2.36. The summed E-state index contributed by atoms with van der Waals surface area (Å²) >= 11 is 6.02. The monoisotopic (exact) mass is 252 g/mol. The van der Waals surface area contributed by atoms with Crippen LogP contribution in [0.2, 0.25) is 5.02 Å². The first-order valence-electron chi connectivity index (χ1n) is 6.10. The van der Waals surface area contributed by atoms with Crippen LogP contribution in [-0.4, -0.2) is 11.1 Å². The van der Waals surface area contributed by atoms with Gasteiger partial charge in [-0.1, -0.05) is 43.0 Å². The molecule has 1 fully saturated rings. The number of rotatable bonds is 3. The van der Waals surface area contributed by atoms with Crippen molar-refractivity contribution < 1.29 is 9.90 Å². The van der Waals surface area contributed by atoms with E-state index in [-0.39, 0.29) is 11.8 Å². The molecule has 0 amide bonds. The van der Waals surface area contributed by atoms with E-state index in [9.17, 15) is 4.79 Å². The van der Waals surface area contributed by atoms with Gasteiger partial charge in [0, 0.05) is 10.4 Å². The van der Waals surface area contributed by atoms with E-state index in [1.54, 1.807) is 0 Å². The summed E-state index contributed by atoms with van der Waals surface area (Å²) < 4.78 is 0. The molecule has 0 atom stereocenters. The number of halogens is 1. The molecule has 0 saturated heterocycles. The summed E-state index contributed by atoms with van der Waals surface area (Å²) in [5, 5.41) is 9.82. The first-order valence-corrected chi connectivity index (χ1v) is 6.48. The topological polar surface area (TPSA) is 37.3 Å². The second-order valence-corrected chi connectivity index (χ2v) is 5.36. The molecule has 1 aliphatic carbocycles. The van der Waals surface area contributed by atoms with Crippen LogP contribution in [0.25, 0.3) is 0 Å². The van der Waals surface area contributed by atoms with Crippen LogP contribution in [0.15, 0.2) is 24.3 Å². The Bertz CT molecular complexity index is 408. The normalized spacial score (nSPS) is 18.9. The summed E-state index contributed by atoms with van der Waals surface area (Å²) in [4.78, 5) is 11.1. The minimum atomic E-state index is -0.716. The third kappa shape index (κ3) is 2.81. The van der Waals surface area contributed by atoms with Gasteiger partial charge in [-0.2, -0.15) is 0 Å². The highest BCUT2D eigenvalue weighted by Gasteiger charge is 2.36. The highest BCUT2D eigenvalue weighted by molar-refractivity contribution is 6.30. The number of carbonyl (C=O) groups is 1. The van der Waals surface area contributed by atoms with E-state index in [1.807, 2.05) is 24.3 Å². The number of benzene rings is 1. The molecular formula is C14H17ClO2. The molecule has 2 nitrogen and oxygen atoms in total. The standard InChI is InChI=1S/C14H17ClO2/c15-12-6-4-5-11(9-12)14(10-13(16)17)7-2-1-3-8-14/h4-6,9H,1-3,7-8,10H2,(H,16,17). The Kier molecular flexibility index (Phi) is 3.72. The molecule has 3 heteroatoms. The largest absolute Gasteiger partial charge is 0.481 e. The minimum Gasteiger partial charge on any atom is -0.481 e. The molecule has 1 aromatic rings. The Morgan fingerprint density at radius 1 is 1.29 bits per heavy atom. The fourth-order valence-electron chi connectivity index (χ4n) is 2.90. The second kappa shape index (κ2) is 5.09. The average molecular weight is 253 g/mol. The zero-order valence-corrected chi connectivity index (χ0v) is 10.5. The van der Waals surface area contributed by atoms with Crippen molar-refractivity contribution in [2.45, 2.75) is 43.9 Å². The van der Waals surface area contributed by atoms with E-state index in [1.165, 1.54) is 6.42 Å². The van der Waals surface area contributed by atoms with Gasteiger partial charge < -0.3 is 5.11 Å². The molecule has 0 bridgehead atoms. The molecule has 0 heterocycles. The van der Waals surface area contributed by atoms with Gasteiger partial charge >= 0.3 is 5.97 Å². The molecule has 1 aromatic carbocycles. The highest BCUT2D eigenvalue weighted by atomic mass is 35.5. The van der Waals surface area contributed by atoms with E-state index >= 15 is 0 Å². The van der Waals surface area contributed by atoms with E-state index < -0.39 is 5.97 Å². The lowest BCUT2D eigenvalue weighted by molar-refractivity contribution is -0.138. The highest BCUT2D eigenvalue weighted by Crippen LogP contribution is 2.42. The van der Waals surface area contributed by atoms with Crippen LogP contribution in [0.4, 0.5) is 0 Å². The Balaban J connectivity index is 2.35. The molecule has 0 unspecified atom stereocenters. The SMILES string of the molecule is O=C(O)CC1(c2cccc(Cl)c2)CCCCC1. The van der Waals surface area contributed by atoms with Crippen molar-refractivity contribution in [2.24, 2.45) is 0 Å². The molecular weight excluding hydrogens is 236 g/mol. The summed E-state index contributed by atoms with van der Waals surface area (Å²) in [5.41, 5.74) is 0.890. The van der Waals surface area contributed by atoms with Gasteiger partial charge in [-0.15, -0.1) is 0 Å². The van der Waals surface area contributed by atoms with Crippen molar-refractivity contribution >= 4 is 17.6 Å². The van der Waals surface area contributed by atoms with Gasteiger partial charge in [-0.25, -0.2) is 0 Å². The van der Waals surface area contributed by atoms with Gasteiger partial charge in [0.15, 0.2) is 0 Å². The maximum absolute atomic E-state index is 11.1. The zero-order valence-electron chi connectivity index (χ0n) is 9.79. The fourth-order valence-corrected chi connectivity index (χ4v) is 3.09. The van der Waals surface area contributed by atoms with Gasteiger partial charge in [0.05, 0.1) is 6.42 Å². The Hall–Kier alpha value is -1.02. The van der Waals surface area contributed by atoms with Crippen molar-refractivity contribution in [3.8, 4) is 0 Å². The van der Waals surface area contributed by atoms with Crippen molar-refractivity contribution in [1.82, 2.24) is 0 Å². The van der Waals surface area contributed by atoms with Crippen LogP contribution in [0.1, 0.15) is 44.1 Å². The van der Waals surface area contributed by atoms with Crippen LogP contribution >= 0.6 is 11.6 Å². The van der Waals surface area contributed by atoms with Gasteiger partial charge in [-0.05, 0) is 30.5 Å². The smallest absolute Gasteiger partial charge is 0.304 e. The molecule has 0 spiro atoms. The van der Waals surface area contributed by atoms with Crippen molar-refractivity contribution in [2.75, 3.05) is 0 Å². The van der Waals surface area contributed by atoms with Crippen LogP contribution in [0.5, 0.6) is 0 Å². The fraction of sp³-hybridized carbons (Fsp3) is 0.500. The molecule has 0 aromatic heterocycles. The molecule has 2 rings (SSSR count). The Labute approximate surface area is 107 Å².